The van der Waals surface area contributed by atoms with E-state index >= 15 is 0 Å². The standard InChI is InChI=1S/C8H16N2O2/c1-12-8(3-2-4-8)6-10-5-7(9)11/h10H,2-6H2,1H3,(H2,9,11). The fourth-order valence-corrected chi connectivity index (χ4v) is 1.44. The van der Waals surface area contributed by atoms with Gasteiger partial charge in [-0.15, -0.1) is 0 Å². The lowest BCUT2D eigenvalue weighted by atomic mass is 9.80. The van der Waals surface area contributed by atoms with Crippen LogP contribution in [-0.2, 0) is 9.53 Å². The number of amides is 1. The zero-order valence-electron chi connectivity index (χ0n) is 7.43. The van der Waals surface area contributed by atoms with Gasteiger partial charge < -0.3 is 15.8 Å². The van der Waals surface area contributed by atoms with Crippen LogP contribution in [0.1, 0.15) is 19.3 Å². The van der Waals surface area contributed by atoms with Gasteiger partial charge in [0.1, 0.15) is 0 Å². The Bertz CT molecular complexity index is 161. The van der Waals surface area contributed by atoms with Crippen molar-refractivity contribution in [1.82, 2.24) is 5.32 Å². The number of primary amides is 1. The fourth-order valence-electron chi connectivity index (χ4n) is 1.44. The van der Waals surface area contributed by atoms with Crippen molar-refractivity contribution in [3.05, 3.63) is 0 Å². The van der Waals surface area contributed by atoms with Crippen LogP contribution >= 0.6 is 0 Å². The van der Waals surface area contributed by atoms with Crippen molar-refractivity contribution in [1.29, 1.82) is 0 Å². The predicted molar refractivity (Wildman–Crippen MR) is 45.7 cm³/mol. The molecule has 1 aliphatic rings. The second kappa shape index (κ2) is 3.87. The number of carbonyl (C=O) groups excluding carboxylic acids is 1. The van der Waals surface area contributed by atoms with Crippen LogP contribution in [-0.4, -0.2) is 31.7 Å². The molecule has 1 saturated carbocycles. The van der Waals surface area contributed by atoms with Crippen molar-refractivity contribution >= 4 is 5.91 Å². The Morgan fingerprint density at radius 3 is 2.67 bits per heavy atom. The summed E-state index contributed by atoms with van der Waals surface area (Å²) >= 11 is 0. The lowest BCUT2D eigenvalue weighted by Crippen LogP contribution is -2.49. The van der Waals surface area contributed by atoms with Gasteiger partial charge >= 0.3 is 0 Å². The summed E-state index contributed by atoms with van der Waals surface area (Å²) in [6.45, 7) is 0.970. The molecule has 1 fully saturated rings. The number of hydrogen-bond donors (Lipinski definition) is 2. The smallest absolute Gasteiger partial charge is 0.231 e. The van der Waals surface area contributed by atoms with E-state index in [1.807, 2.05) is 0 Å². The highest BCUT2D eigenvalue weighted by Gasteiger charge is 2.36. The van der Waals surface area contributed by atoms with Gasteiger partial charge in [0.15, 0.2) is 0 Å². The quantitative estimate of drug-likeness (QED) is 0.594. The summed E-state index contributed by atoms with van der Waals surface area (Å²) in [7, 11) is 1.71. The minimum atomic E-state index is -0.319. The average Bonchev–Trinajstić information content (AvgIpc) is 1.94. The molecule has 0 spiro atoms. The Hall–Kier alpha value is -0.610. The molecule has 0 heterocycles. The van der Waals surface area contributed by atoms with Crippen LogP contribution in [0.3, 0.4) is 0 Å². The van der Waals surface area contributed by atoms with E-state index in [4.69, 9.17) is 10.5 Å². The summed E-state index contributed by atoms with van der Waals surface area (Å²) < 4.78 is 5.34. The molecule has 70 valence electrons. The second-order valence-electron chi connectivity index (χ2n) is 3.31. The van der Waals surface area contributed by atoms with Crippen molar-refractivity contribution in [2.75, 3.05) is 20.2 Å². The zero-order chi connectivity index (χ0) is 9.03. The highest BCUT2D eigenvalue weighted by molar-refractivity contribution is 5.75. The Morgan fingerprint density at radius 2 is 2.33 bits per heavy atom. The van der Waals surface area contributed by atoms with Crippen LogP contribution in [0.2, 0.25) is 0 Å². The SMILES string of the molecule is COC1(CNCC(N)=O)CCC1. The first-order chi connectivity index (χ1) is 5.68. The summed E-state index contributed by atoms with van der Waals surface area (Å²) in [4.78, 5) is 10.4. The molecule has 0 unspecified atom stereocenters. The average molecular weight is 172 g/mol. The van der Waals surface area contributed by atoms with Crippen molar-refractivity contribution in [2.24, 2.45) is 5.73 Å². The Morgan fingerprint density at radius 1 is 1.67 bits per heavy atom. The molecule has 1 rings (SSSR count). The van der Waals surface area contributed by atoms with Crippen LogP contribution < -0.4 is 11.1 Å². The van der Waals surface area contributed by atoms with Gasteiger partial charge in [0.25, 0.3) is 0 Å². The number of rotatable bonds is 5. The lowest BCUT2D eigenvalue weighted by molar-refractivity contribution is -0.117. The molecule has 4 heteroatoms. The normalized spacial score (nSPS) is 20.1. The number of methoxy groups -OCH3 is 1. The molecule has 1 aliphatic carbocycles. The molecule has 0 saturated heterocycles. The van der Waals surface area contributed by atoms with E-state index in [0.717, 1.165) is 19.4 Å². The first-order valence-electron chi connectivity index (χ1n) is 4.23. The number of nitrogens with one attached hydrogen (secondary N) is 1. The van der Waals surface area contributed by atoms with Gasteiger partial charge in [-0.1, -0.05) is 0 Å². The highest BCUT2D eigenvalue weighted by Crippen LogP contribution is 2.33. The number of nitrogens with two attached hydrogens (primary N) is 1. The van der Waals surface area contributed by atoms with E-state index < -0.39 is 0 Å². The minimum absolute atomic E-state index is 0.0184. The van der Waals surface area contributed by atoms with E-state index in [2.05, 4.69) is 5.32 Å². The molecule has 4 nitrogen and oxygen atoms in total. The molecule has 0 radical (unpaired) electrons. The topological polar surface area (TPSA) is 64.3 Å². The molecule has 0 aromatic rings. The molecule has 1 amide bonds. The Kier molecular flexibility index (Phi) is 3.05. The summed E-state index contributed by atoms with van der Waals surface area (Å²) in [6, 6.07) is 0. The molecule has 0 atom stereocenters. The first kappa shape index (κ1) is 9.48. The summed E-state index contributed by atoms with van der Waals surface area (Å²) in [6.07, 6.45) is 3.37. The number of carbonyl (C=O) groups is 1. The highest BCUT2D eigenvalue weighted by atomic mass is 16.5. The maximum atomic E-state index is 10.4. The molecule has 0 bridgehead atoms. The monoisotopic (exact) mass is 172 g/mol. The molecule has 3 N–H and O–H groups in total. The maximum Gasteiger partial charge on any atom is 0.231 e. The molecule has 0 aromatic carbocycles. The molecule has 0 aliphatic heterocycles. The molecule has 12 heavy (non-hydrogen) atoms. The molecular formula is C8H16N2O2. The third-order valence-electron chi connectivity index (χ3n) is 2.44. The van der Waals surface area contributed by atoms with Crippen molar-refractivity contribution in [3.8, 4) is 0 Å². The van der Waals surface area contributed by atoms with Gasteiger partial charge in [0.2, 0.25) is 5.91 Å². The van der Waals surface area contributed by atoms with Gasteiger partial charge in [-0.3, -0.25) is 4.79 Å². The maximum absolute atomic E-state index is 10.4. The van der Waals surface area contributed by atoms with Crippen LogP contribution in [0.15, 0.2) is 0 Å². The van der Waals surface area contributed by atoms with Crippen LogP contribution in [0.25, 0.3) is 0 Å². The van der Waals surface area contributed by atoms with Gasteiger partial charge in [0, 0.05) is 13.7 Å². The third-order valence-corrected chi connectivity index (χ3v) is 2.44. The van der Waals surface area contributed by atoms with Gasteiger partial charge in [-0.2, -0.15) is 0 Å². The van der Waals surface area contributed by atoms with E-state index in [1.54, 1.807) is 7.11 Å². The fraction of sp³-hybridized carbons (Fsp3) is 0.875. The Labute approximate surface area is 72.5 Å². The van der Waals surface area contributed by atoms with Crippen LogP contribution in [0.5, 0.6) is 0 Å². The third kappa shape index (κ3) is 2.19. The van der Waals surface area contributed by atoms with Crippen LogP contribution in [0, 0.1) is 0 Å². The van der Waals surface area contributed by atoms with Crippen molar-refractivity contribution < 1.29 is 9.53 Å². The van der Waals surface area contributed by atoms with E-state index in [-0.39, 0.29) is 18.1 Å². The van der Waals surface area contributed by atoms with E-state index in [0.29, 0.717) is 0 Å². The van der Waals surface area contributed by atoms with Gasteiger partial charge in [-0.25, -0.2) is 0 Å². The molecule has 0 aromatic heterocycles. The minimum Gasteiger partial charge on any atom is -0.377 e. The van der Waals surface area contributed by atoms with E-state index in [9.17, 15) is 4.79 Å². The largest absolute Gasteiger partial charge is 0.377 e. The van der Waals surface area contributed by atoms with Crippen molar-refractivity contribution in [3.63, 3.8) is 0 Å². The summed E-state index contributed by atoms with van der Waals surface area (Å²) in [5.41, 5.74) is 4.96. The Balaban J connectivity index is 2.16. The van der Waals surface area contributed by atoms with Gasteiger partial charge in [0.05, 0.1) is 12.1 Å². The summed E-state index contributed by atoms with van der Waals surface area (Å²) in [5, 5.41) is 2.98. The number of ether oxygens (including phenoxy) is 1. The predicted octanol–water partition coefficient (Wildman–Crippen LogP) is -0.370. The van der Waals surface area contributed by atoms with Crippen LogP contribution in [0.4, 0.5) is 0 Å². The number of hydrogen-bond acceptors (Lipinski definition) is 3. The van der Waals surface area contributed by atoms with Crippen molar-refractivity contribution in [2.45, 2.75) is 24.9 Å². The summed E-state index contributed by atoms with van der Waals surface area (Å²) in [5.74, 6) is -0.319. The van der Waals surface area contributed by atoms with E-state index in [1.165, 1.54) is 6.42 Å². The van der Waals surface area contributed by atoms with Gasteiger partial charge in [-0.05, 0) is 19.3 Å². The first-order valence-corrected chi connectivity index (χ1v) is 4.23. The second-order valence-corrected chi connectivity index (χ2v) is 3.31. The lowest BCUT2D eigenvalue weighted by Gasteiger charge is -2.40. The molecular weight excluding hydrogens is 156 g/mol. The zero-order valence-corrected chi connectivity index (χ0v) is 7.43.